The molecule has 0 bridgehead atoms. The molecule has 2 aromatic rings. The normalized spacial score (nSPS) is 11.4. The van der Waals surface area contributed by atoms with Gasteiger partial charge < -0.3 is 0 Å². The Hall–Kier alpha value is -1.88. The predicted octanol–water partition coefficient (Wildman–Crippen LogP) is 4.31. The molecule has 0 aliphatic carbocycles. The van der Waals surface area contributed by atoms with Gasteiger partial charge in [0.05, 0.1) is 10.6 Å². The molecule has 0 unspecified atom stereocenters. The molecule has 0 atom stereocenters. The van der Waals surface area contributed by atoms with Crippen molar-refractivity contribution in [2.75, 3.05) is 4.72 Å². The number of aryl methyl sites for hydroxylation is 2. The fourth-order valence-electron chi connectivity index (χ4n) is 2.41. The van der Waals surface area contributed by atoms with Crippen LogP contribution in [0.3, 0.4) is 0 Å². The average molecular weight is 332 g/mol. The lowest BCUT2D eigenvalue weighted by atomic mass is 10.1. The molecule has 0 aliphatic heterocycles. The largest absolute Gasteiger partial charge is 0.280 e. The van der Waals surface area contributed by atoms with E-state index in [0.717, 1.165) is 18.5 Å². The van der Waals surface area contributed by atoms with Crippen LogP contribution in [0.25, 0.3) is 0 Å². The molecule has 0 fully saturated rings. The Bertz CT molecular complexity index is 725. The van der Waals surface area contributed by atoms with Crippen LogP contribution in [0.4, 0.5) is 5.69 Å². The summed E-state index contributed by atoms with van der Waals surface area (Å²) in [5.74, 6) is 0. The molecule has 0 aliphatic rings. The van der Waals surface area contributed by atoms with Crippen molar-refractivity contribution in [2.24, 2.45) is 0 Å². The number of nitrogens with one attached hydrogen (secondary N) is 1. The molecule has 1 N–H and O–H groups in total. The smallest absolute Gasteiger partial charge is 0.261 e. The Morgan fingerprint density at radius 1 is 1.04 bits per heavy atom. The van der Waals surface area contributed by atoms with E-state index in [0.29, 0.717) is 5.69 Å². The van der Waals surface area contributed by atoms with Gasteiger partial charge in [-0.3, -0.25) is 9.71 Å². The van der Waals surface area contributed by atoms with Gasteiger partial charge in [-0.05, 0) is 49.6 Å². The fourth-order valence-corrected chi connectivity index (χ4v) is 3.46. The summed E-state index contributed by atoms with van der Waals surface area (Å²) < 4.78 is 27.4. The summed E-state index contributed by atoms with van der Waals surface area (Å²) >= 11 is 0. The van der Waals surface area contributed by atoms with Crippen molar-refractivity contribution in [3.63, 3.8) is 0 Å². The highest BCUT2D eigenvalue weighted by Gasteiger charge is 2.14. The Labute approximate surface area is 139 Å². The van der Waals surface area contributed by atoms with Gasteiger partial charge in [0.1, 0.15) is 0 Å². The van der Waals surface area contributed by atoms with Crippen molar-refractivity contribution in [3.8, 4) is 0 Å². The van der Waals surface area contributed by atoms with E-state index in [-0.39, 0.29) is 4.90 Å². The highest BCUT2D eigenvalue weighted by molar-refractivity contribution is 7.92. The van der Waals surface area contributed by atoms with Crippen LogP contribution in [-0.4, -0.2) is 13.4 Å². The zero-order valence-corrected chi connectivity index (χ0v) is 14.6. The number of hydrogen-bond donors (Lipinski definition) is 1. The summed E-state index contributed by atoms with van der Waals surface area (Å²) in [7, 11) is -3.55. The highest BCUT2D eigenvalue weighted by atomic mass is 32.2. The molecule has 0 amide bonds. The van der Waals surface area contributed by atoms with Crippen molar-refractivity contribution in [3.05, 3.63) is 53.9 Å². The Balaban J connectivity index is 2.02. The van der Waals surface area contributed by atoms with Gasteiger partial charge in [0, 0.05) is 11.9 Å². The van der Waals surface area contributed by atoms with E-state index in [1.807, 2.05) is 19.1 Å². The topological polar surface area (TPSA) is 59.1 Å². The molecule has 0 radical (unpaired) electrons. The number of unbranched alkanes of at least 4 members (excludes halogenated alkanes) is 3. The Kier molecular flexibility index (Phi) is 6.16. The van der Waals surface area contributed by atoms with Crippen molar-refractivity contribution in [1.82, 2.24) is 4.98 Å². The lowest BCUT2D eigenvalue weighted by molar-refractivity contribution is 0.601. The first kappa shape index (κ1) is 17.5. The zero-order valence-electron chi connectivity index (χ0n) is 13.7. The van der Waals surface area contributed by atoms with Gasteiger partial charge in [-0.25, -0.2) is 8.42 Å². The second-order valence-electron chi connectivity index (χ2n) is 5.75. The molecule has 5 heteroatoms. The van der Waals surface area contributed by atoms with Gasteiger partial charge in [-0.15, -0.1) is 0 Å². The third kappa shape index (κ3) is 5.36. The van der Waals surface area contributed by atoms with Gasteiger partial charge >= 0.3 is 0 Å². The Morgan fingerprint density at radius 2 is 1.78 bits per heavy atom. The molecular weight excluding hydrogens is 308 g/mol. The Morgan fingerprint density at radius 3 is 2.43 bits per heavy atom. The number of benzene rings is 1. The predicted molar refractivity (Wildman–Crippen MR) is 94.1 cm³/mol. The monoisotopic (exact) mass is 332 g/mol. The minimum atomic E-state index is -3.55. The van der Waals surface area contributed by atoms with E-state index in [2.05, 4.69) is 16.6 Å². The molecule has 0 spiro atoms. The molecule has 0 saturated heterocycles. The van der Waals surface area contributed by atoms with Crippen LogP contribution in [0.15, 0.2) is 47.5 Å². The maximum absolute atomic E-state index is 12.4. The van der Waals surface area contributed by atoms with Crippen molar-refractivity contribution in [1.29, 1.82) is 0 Å². The molecule has 2 rings (SSSR count). The summed E-state index contributed by atoms with van der Waals surface area (Å²) in [5, 5.41) is 0. The number of anilines is 1. The maximum Gasteiger partial charge on any atom is 0.261 e. The molecule has 23 heavy (non-hydrogen) atoms. The SMILES string of the molecule is CCCCCCc1ccc(S(=O)(=O)Nc2ccnc(C)c2)cc1. The van der Waals surface area contributed by atoms with E-state index in [9.17, 15) is 8.42 Å². The first-order chi connectivity index (χ1) is 11.0. The fraction of sp³-hybridized carbons (Fsp3) is 0.389. The third-order valence-electron chi connectivity index (χ3n) is 3.70. The molecule has 1 aromatic carbocycles. The van der Waals surface area contributed by atoms with E-state index in [1.165, 1.54) is 24.8 Å². The van der Waals surface area contributed by atoms with Crippen molar-refractivity contribution < 1.29 is 8.42 Å². The molecule has 1 aromatic heterocycles. The van der Waals surface area contributed by atoms with Crippen LogP contribution in [0.2, 0.25) is 0 Å². The van der Waals surface area contributed by atoms with E-state index in [1.54, 1.807) is 30.5 Å². The quantitative estimate of drug-likeness (QED) is 0.733. The second-order valence-corrected chi connectivity index (χ2v) is 7.43. The summed E-state index contributed by atoms with van der Waals surface area (Å²) in [5.41, 5.74) is 2.48. The minimum Gasteiger partial charge on any atom is -0.280 e. The number of rotatable bonds is 8. The number of hydrogen-bond acceptors (Lipinski definition) is 3. The van der Waals surface area contributed by atoms with Crippen LogP contribution in [0.5, 0.6) is 0 Å². The van der Waals surface area contributed by atoms with Gasteiger partial charge in [0.25, 0.3) is 10.0 Å². The zero-order chi connectivity index (χ0) is 16.7. The standard InChI is InChI=1S/C18H24N2O2S/c1-3-4-5-6-7-16-8-10-18(11-9-16)23(21,22)20-17-12-13-19-15(2)14-17/h8-14H,3-7H2,1-2H3,(H,19,20). The van der Waals surface area contributed by atoms with Crippen LogP contribution in [0, 0.1) is 6.92 Å². The van der Waals surface area contributed by atoms with Crippen LogP contribution in [-0.2, 0) is 16.4 Å². The second kappa shape index (κ2) is 8.11. The van der Waals surface area contributed by atoms with Gasteiger partial charge in [0.15, 0.2) is 0 Å². The van der Waals surface area contributed by atoms with Crippen molar-refractivity contribution >= 4 is 15.7 Å². The maximum atomic E-state index is 12.4. The first-order valence-electron chi connectivity index (χ1n) is 8.05. The van der Waals surface area contributed by atoms with Crippen LogP contribution in [0.1, 0.15) is 43.9 Å². The van der Waals surface area contributed by atoms with Crippen molar-refractivity contribution in [2.45, 2.75) is 50.8 Å². The first-order valence-corrected chi connectivity index (χ1v) is 9.54. The average Bonchev–Trinajstić information content (AvgIpc) is 2.52. The van der Waals surface area contributed by atoms with E-state index in [4.69, 9.17) is 0 Å². The van der Waals surface area contributed by atoms with Crippen LogP contribution < -0.4 is 4.72 Å². The van der Waals surface area contributed by atoms with E-state index < -0.39 is 10.0 Å². The molecule has 0 saturated carbocycles. The molecule has 4 nitrogen and oxygen atoms in total. The molecule has 124 valence electrons. The summed E-state index contributed by atoms with van der Waals surface area (Å²) in [6, 6.07) is 10.5. The minimum absolute atomic E-state index is 0.282. The van der Waals surface area contributed by atoms with E-state index >= 15 is 0 Å². The highest BCUT2D eigenvalue weighted by Crippen LogP contribution is 2.17. The van der Waals surface area contributed by atoms with Gasteiger partial charge in [-0.1, -0.05) is 38.3 Å². The van der Waals surface area contributed by atoms with Gasteiger partial charge in [0.2, 0.25) is 0 Å². The third-order valence-corrected chi connectivity index (χ3v) is 5.10. The summed E-state index contributed by atoms with van der Waals surface area (Å²) in [6.07, 6.45) is 7.43. The molecule has 1 heterocycles. The van der Waals surface area contributed by atoms with Gasteiger partial charge in [-0.2, -0.15) is 0 Å². The number of nitrogens with zero attached hydrogens (tertiary/aromatic N) is 1. The number of aromatic nitrogens is 1. The summed E-state index contributed by atoms with van der Waals surface area (Å²) in [6.45, 7) is 4.02. The lowest BCUT2D eigenvalue weighted by Crippen LogP contribution is -2.13. The lowest BCUT2D eigenvalue weighted by Gasteiger charge is -2.09. The van der Waals surface area contributed by atoms with Crippen LogP contribution >= 0.6 is 0 Å². The number of sulfonamides is 1. The summed E-state index contributed by atoms with van der Waals surface area (Å²) in [4.78, 5) is 4.34. The number of pyridine rings is 1. The molecular formula is C18H24N2O2S.